The molecule has 0 spiro atoms. The number of hydrogen-bond donors (Lipinski definition) is 1. The Balaban J connectivity index is 2.89. The summed E-state index contributed by atoms with van der Waals surface area (Å²) in [6.07, 6.45) is 3.35. The number of aryl methyl sites for hydroxylation is 1. The summed E-state index contributed by atoms with van der Waals surface area (Å²) in [6.45, 7) is 3.71. The Labute approximate surface area is 85.1 Å². The lowest BCUT2D eigenvalue weighted by Gasteiger charge is -2.05. The third-order valence-corrected chi connectivity index (χ3v) is 2.32. The van der Waals surface area contributed by atoms with Crippen LogP contribution in [-0.4, -0.2) is 5.78 Å². The van der Waals surface area contributed by atoms with Gasteiger partial charge in [-0.05, 0) is 37.5 Å². The fourth-order valence-corrected chi connectivity index (χ4v) is 1.44. The van der Waals surface area contributed by atoms with E-state index in [2.05, 4.69) is 6.92 Å². The normalized spacial score (nSPS) is 10.1. The van der Waals surface area contributed by atoms with Crippen molar-refractivity contribution in [2.75, 3.05) is 5.73 Å². The number of anilines is 1. The first-order valence-corrected chi connectivity index (χ1v) is 5.04. The minimum Gasteiger partial charge on any atom is -0.398 e. The van der Waals surface area contributed by atoms with Gasteiger partial charge in [-0.15, -0.1) is 0 Å². The van der Waals surface area contributed by atoms with Crippen LogP contribution in [-0.2, 0) is 6.42 Å². The number of carbonyl (C=O) groups is 1. The fourth-order valence-electron chi connectivity index (χ4n) is 1.44. The van der Waals surface area contributed by atoms with Crippen LogP contribution in [0.25, 0.3) is 0 Å². The van der Waals surface area contributed by atoms with Crippen LogP contribution in [0, 0.1) is 0 Å². The summed E-state index contributed by atoms with van der Waals surface area (Å²) in [6, 6.07) is 5.73. The second-order valence-electron chi connectivity index (χ2n) is 3.58. The number of nitrogens with two attached hydrogens (primary N) is 1. The molecule has 2 nitrogen and oxygen atoms in total. The van der Waals surface area contributed by atoms with E-state index in [9.17, 15) is 4.79 Å². The van der Waals surface area contributed by atoms with Crippen molar-refractivity contribution in [1.82, 2.24) is 0 Å². The number of unbranched alkanes of at least 4 members (excludes halogenated alkanes) is 1. The van der Waals surface area contributed by atoms with Crippen LogP contribution in [0.15, 0.2) is 18.2 Å². The molecule has 0 saturated carbocycles. The first-order chi connectivity index (χ1) is 6.65. The van der Waals surface area contributed by atoms with Crippen LogP contribution in [0.3, 0.4) is 0 Å². The van der Waals surface area contributed by atoms with Gasteiger partial charge in [0, 0.05) is 11.3 Å². The van der Waals surface area contributed by atoms with Crippen molar-refractivity contribution in [2.24, 2.45) is 0 Å². The molecule has 1 aromatic carbocycles. The topological polar surface area (TPSA) is 43.1 Å². The maximum atomic E-state index is 11.2. The van der Waals surface area contributed by atoms with Gasteiger partial charge in [-0.1, -0.05) is 19.4 Å². The quantitative estimate of drug-likeness (QED) is 0.587. The molecule has 0 amide bonds. The Morgan fingerprint density at radius 1 is 1.43 bits per heavy atom. The molecule has 0 saturated heterocycles. The molecule has 0 aliphatic heterocycles. The number of Topliss-reactive ketones (excluding diaryl/α,β-unsaturated/α-hetero) is 1. The molecule has 0 bridgehead atoms. The predicted octanol–water partition coefficient (Wildman–Crippen LogP) is 2.81. The average molecular weight is 191 g/mol. The van der Waals surface area contributed by atoms with Gasteiger partial charge >= 0.3 is 0 Å². The van der Waals surface area contributed by atoms with Gasteiger partial charge in [0.1, 0.15) is 0 Å². The predicted molar refractivity (Wildman–Crippen MR) is 59.5 cm³/mol. The van der Waals surface area contributed by atoms with E-state index in [1.54, 1.807) is 6.92 Å². The summed E-state index contributed by atoms with van der Waals surface area (Å²) in [7, 11) is 0. The second kappa shape index (κ2) is 4.80. The number of rotatable bonds is 4. The van der Waals surface area contributed by atoms with E-state index in [-0.39, 0.29) is 5.78 Å². The molecule has 2 heteroatoms. The Bertz CT molecular complexity index is 331. The van der Waals surface area contributed by atoms with Crippen LogP contribution >= 0.6 is 0 Å². The van der Waals surface area contributed by atoms with Gasteiger partial charge in [-0.2, -0.15) is 0 Å². The second-order valence-corrected chi connectivity index (χ2v) is 3.58. The number of carbonyl (C=O) groups excluding carboxylic acids is 1. The van der Waals surface area contributed by atoms with Crippen LogP contribution in [0.4, 0.5) is 5.69 Å². The van der Waals surface area contributed by atoms with E-state index in [1.165, 1.54) is 12.0 Å². The molecule has 0 aliphatic rings. The molecule has 0 atom stereocenters. The van der Waals surface area contributed by atoms with Crippen molar-refractivity contribution in [3.8, 4) is 0 Å². The summed E-state index contributed by atoms with van der Waals surface area (Å²) in [5, 5.41) is 0. The summed E-state index contributed by atoms with van der Waals surface area (Å²) in [4.78, 5) is 11.2. The highest BCUT2D eigenvalue weighted by Gasteiger charge is 2.05. The van der Waals surface area contributed by atoms with Gasteiger partial charge in [0.15, 0.2) is 5.78 Å². The van der Waals surface area contributed by atoms with Crippen molar-refractivity contribution in [3.63, 3.8) is 0 Å². The van der Waals surface area contributed by atoms with Crippen LogP contribution < -0.4 is 5.73 Å². The van der Waals surface area contributed by atoms with Gasteiger partial charge in [-0.3, -0.25) is 4.79 Å². The summed E-state index contributed by atoms with van der Waals surface area (Å²) >= 11 is 0. The highest BCUT2D eigenvalue weighted by molar-refractivity contribution is 5.99. The fraction of sp³-hybridized carbons (Fsp3) is 0.417. The monoisotopic (exact) mass is 191 g/mol. The number of ketones is 1. The highest BCUT2D eigenvalue weighted by Crippen LogP contribution is 2.16. The SMILES string of the molecule is CCCCc1ccc(N)c(C(C)=O)c1. The maximum Gasteiger partial charge on any atom is 0.161 e. The summed E-state index contributed by atoms with van der Waals surface area (Å²) in [5.74, 6) is 0.0425. The largest absolute Gasteiger partial charge is 0.398 e. The van der Waals surface area contributed by atoms with E-state index in [0.717, 1.165) is 12.8 Å². The molecular formula is C12H17NO. The molecule has 2 N–H and O–H groups in total. The minimum absolute atomic E-state index is 0.0425. The first-order valence-electron chi connectivity index (χ1n) is 5.04. The van der Waals surface area contributed by atoms with Gasteiger partial charge in [0.2, 0.25) is 0 Å². The standard InChI is InChI=1S/C12H17NO/c1-3-4-5-10-6-7-12(13)11(8-10)9(2)14/h6-8H,3-5,13H2,1-2H3. The molecule has 76 valence electrons. The Kier molecular flexibility index (Phi) is 3.69. The van der Waals surface area contributed by atoms with Crippen LogP contribution in [0.1, 0.15) is 42.6 Å². The van der Waals surface area contributed by atoms with Crippen molar-refractivity contribution in [1.29, 1.82) is 0 Å². The lowest BCUT2D eigenvalue weighted by molar-refractivity contribution is 0.101. The maximum absolute atomic E-state index is 11.2. The lowest BCUT2D eigenvalue weighted by Crippen LogP contribution is -2.00. The minimum atomic E-state index is 0.0425. The third-order valence-electron chi connectivity index (χ3n) is 2.32. The molecule has 1 aromatic rings. The van der Waals surface area contributed by atoms with Crippen molar-refractivity contribution >= 4 is 11.5 Å². The van der Waals surface area contributed by atoms with Gasteiger partial charge < -0.3 is 5.73 Å². The molecule has 1 rings (SSSR count). The molecule has 0 aromatic heterocycles. The van der Waals surface area contributed by atoms with Gasteiger partial charge in [-0.25, -0.2) is 0 Å². The summed E-state index contributed by atoms with van der Waals surface area (Å²) in [5.41, 5.74) is 8.13. The third kappa shape index (κ3) is 2.59. The van der Waals surface area contributed by atoms with E-state index in [4.69, 9.17) is 5.73 Å². The molecule has 0 heterocycles. The molecule has 14 heavy (non-hydrogen) atoms. The number of nitrogen functional groups attached to an aromatic ring is 1. The first kappa shape index (κ1) is 10.8. The Morgan fingerprint density at radius 3 is 2.71 bits per heavy atom. The van der Waals surface area contributed by atoms with E-state index >= 15 is 0 Å². The van der Waals surface area contributed by atoms with Crippen LogP contribution in [0.5, 0.6) is 0 Å². The van der Waals surface area contributed by atoms with Gasteiger partial charge in [0.25, 0.3) is 0 Å². The number of hydrogen-bond acceptors (Lipinski definition) is 2. The lowest BCUT2D eigenvalue weighted by atomic mass is 10.0. The van der Waals surface area contributed by atoms with Crippen molar-refractivity contribution < 1.29 is 4.79 Å². The molecule has 0 radical (unpaired) electrons. The number of benzene rings is 1. The zero-order valence-corrected chi connectivity index (χ0v) is 8.84. The van der Waals surface area contributed by atoms with E-state index < -0.39 is 0 Å². The Hall–Kier alpha value is -1.31. The average Bonchev–Trinajstić information content (AvgIpc) is 2.16. The molecule has 0 aliphatic carbocycles. The molecule has 0 fully saturated rings. The van der Waals surface area contributed by atoms with Crippen molar-refractivity contribution in [2.45, 2.75) is 33.1 Å². The zero-order chi connectivity index (χ0) is 10.6. The van der Waals surface area contributed by atoms with Gasteiger partial charge in [0.05, 0.1) is 0 Å². The molecular weight excluding hydrogens is 174 g/mol. The molecule has 0 unspecified atom stereocenters. The smallest absolute Gasteiger partial charge is 0.161 e. The zero-order valence-electron chi connectivity index (χ0n) is 8.84. The van der Waals surface area contributed by atoms with Crippen molar-refractivity contribution in [3.05, 3.63) is 29.3 Å². The van der Waals surface area contributed by atoms with Crippen LogP contribution in [0.2, 0.25) is 0 Å². The summed E-state index contributed by atoms with van der Waals surface area (Å²) < 4.78 is 0. The highest BCUT2D eigenvalue weighted by atomic mass is 16.1. The van der Waals surface area contributed by atoms with E-state index in [0.29, 0.717) is 11.3 Å². The Morgan fingerprint density at radius 2 is 2.14 bits per heavy atom. The van der Waals surface area contributed by atoms with E-state index in [1.807, 2.05) is 18.2 Å².